The Morgan fingerprint density at radius 1 is 1.19 bits per heavy atom. The van der Waals surface area contributed by atoms with Crippen LogP contribution < -0.4 is 10.2 Å². The van der Waals surface area contributed by atoms with E-state index in [1.807, 2.05) is 44.2 Å². The number of carbonyl (C=O) groups is 1. The zero-order valence-corrected chi connectivity index (χ0v) is 19.2. The highest BCUT2D eigenvalue weighted by atomic mass is 16.5. The second-order valence-corrected chi connectivity index (χ2v) is 9.08. The largest absolute Gasteiger partial charge is 0.449 e. The van der Waals surface area contributed by atoms with Gasteiger partial charge in [0.15, 0.2) is 5.82 Å². The number of rotatable bonds is 6. The van der Waals surface area contributed by atoms with Crippen LogP contribution in [0.1, 0.15) is 32.3 Å². The van der Waals surface area contributed by atoms with Crippen LogP contribution in [0.3, 0.4) is 0 Å². The van der Waals surface area contributed by atoms with Crippen LogP contribution >= 0.6 is 0 Å². The van der Waals surface area contributed by atoms with E-state index in [0.29, 0.717) is 25.0 Å². The molecule has 0 unspecified atom stereocenters. The van der Waals surface area contributed by atoms with E-state index in [0.717, 1.165) is 54.0 Å². The number of amides is 1. The predicted octanol–water partition coefficient (Wildman–Crippen LogP) is 5.20. The molecule has 6 nitrogen and oxygen atoms in total. The second-order valence-electron chi connectivity index (χ2n) is 9.08. The summed E-state index contributed by atoms with van der Waals surface area (Å²) in [6, 6.07) is 16.5. The van der Waals surface area contributed by atoms with Crippen molar-refractivity contribution in [1.29, 1.82) is 0 Å². The lowest BCUT2D eigenvalue weighted by molar-refractivity contribution is 0.131. The molecular formula is C26H32N4O2. The van der Waals surface area contributed by atoms with Gasteiger partial charge in [0, 0.05) is 30.6 Å². The number of fused-ring (bicyclic) bond motifs is 1. The first-order chi connectivity index (χ1) is 15.5. The highest BCUT2D eigenvalue weighted by molar-refractivity contribution is 5.91. The SMILES string of the molecule is Cc1ccc2c(N3CCC[C@H](CNC(=O)OCC(C)C)C3)nc(-c3ccccc3)nc2c1. The monoisotopic (exact) mass is 432 g/mol. The van der Waals surface area contributed by atoms with Gasteiger partial charge in [-0.05, 0) is 49.3 Å². The van der Waals surface area contributed by atoms with Crippen molar-refractivity contribution < 1.29 is 9.53 Å². The summed E-state index contributed by atoms with van der Waals surface area (Å²) >= 11 is 0. The number of piperidine rings is 1. The first-order valence-corrected chi connectivity index (χ1v) is 11.5. The smallest absolute Gasteiger partial charge is 0.407 e. The number of nitrogens with zero attached hydrogens (tertiary/aromatic N) is 3. The van der Waals surface area contributed by atoms with E-state index in [9.17, 15) is 4.79 Å². The molecule has 0 bridgehead atoms. The molecule has 1 fully saturated rings. The quantitative estimate of drug-likeness (QED) is 0.580. The molecule has 1 aliphatic heterocycles. The third kappa shape index (κ3) is 5.36. The number of benzene rings is 2. The van der Waals surface area contributed by atoms with Gasteiger partial charge in [0.1, 0.15) is 5.82 Å². The van der Waals surface area contributed by atoms with Crippen LogP contribution in [0.4, 0.5) is 10.6 Å². The van der Waals surface area contributed by atoms with Crippen molar-refractivity contribution in [3.63, 3.8) is 0 Å². The van der Waals surface area contributed by atoms with Crippen molar-refractivity contribution in [2.75, 3.05) is 31.1 Å². The van der Waals surface area contributed by atoms with Crippen molar-refractivity contribution in [2.24, 2.45) is 11.8 Å². The molecule has 2 heterocycles. The fourth-order valence-electron chi connectivity index (χ4n) is 4.13. The number of aromatic nitrogens is 2. The number of hydrogen-bond donors (Lipinski definition) is 1. The lowest BCUT2D eigenvalue weighted by atomic mass is 9.97. The van der Waals surface area contributed by atoms with Gasteiger partial charge in [0.05, 0.1) is 12.1 Å². The predicted molar refractivity (Wildman–Crippen MR) is 129 cm³/mol. The van der Waals surface area contributed by atoms with Crippen molar-refractivity contribution >= 4 is 22.8 Å². The Hall–Kier alpha value is -3.15. The molecule has 4 rings (SSSR count). The van der Waals surface area contributed by atoms with Crippen LogP contribution in [-0.4, -0.2) is 42.3 Å². The van der Waals surface area contributed by atoms with E-state index in [1.54, 1.807) is 0 Å². The lowest BCUT2D eigenvalue weighted by Gasteiger charge is -2.34. The topological polar surface area (TPSA) is 67.4 Å². The first-order valence-electron chi connectivity index (χ1n) is 11.5. The molecule has 1 amide bonds. The molecule has 0 spiro atoms. The van der Waals surface area contributed by atoms with Crippen molar-refractivity contribution in [1.82, 2.24) is 15.3 Å². The Kier molecular flexibility index (Phi) is 6.88. The highest BCUT2D eigenvalue weighted by Crippen LogP contribution is 2.31. The summed E-state index contributed by atoms with van der Waals surface area (Å²) in [5.74, 6) is 2.41. The van der Waals surface area contributed by atoms with Crippen molar-refractivity contribution in [3.8, 4) is 11.4 Å². The minimum atomic E-state index is -0.329. The van der Waals surface area contributed by atoms with Gasteiger partial charge < -0.3 is 15.0 Å². The maximum atomic E-state index is 12.0. The third-order valence-corrected chi connectivity index (χ3v) is 5.77. The summed E-state index contributed by atoms with van der Waals surface area (Å²) in [5, 5.41) is 4.01. The average molecular weight is 433 g/mol. The zero-order valence-electron chi connectivity index (χ0n) is 19.2. The molecule has 0 saturated carbocycles. The molecule has 0 aliphatic carbocycles. The van der Waals surface area contributed by atoms with Crippen LogP contribution in [0.25, 0.3) is 22.3 Å². The Balaban J connectivity index is 1.56. The minimum Gasteiger partial charge on any atom is -0.449 e. The van der Waals surface area contributed by atoms with Gasteiger partial charge in [-0.1, -0.05) is 50.2 Å². The van der Waals surface area contributed by atoms with E-state index < -0.39 is 0 Å². The Labute approximate surface area is 190 Å². The summed E-state index contributed by atoms with van der Waals surface area (Å²) in [5.41, 5.74) is 3.16. The molecule has 6 heteroatoms. The molecule has 32 heavy (non-hydrogen) atoms. The van der Waals surface area contributed by atoms with Gasteiger partial charge in [-0.2, -0.15) is 0 Å². The second kappa shape index (κ2) is 9.98. The van der Waals surface area contributed by atoms with E-state index in [2.05, 4.69) is 35.3 Å². The molecule has 3 aromatic rings. The maximum absolute atomic E-state index is 12.0. The van der Waals surface area contributed by atoms with Gasteiger partial charge >= 0.3 is 6.09 Å². The van der Waals surface area contributed by atoms with E-state index in [-0.39, 0.29) is 6.09 Å². The molecular weight excluding hydrogens is 400 g/mol. The molecule has 1 atom stereocenters. The number of alkyl carbamates (subject to hydrolysis) is 1. The molecule has 1 saturated heterocycles. The third-order valence-electron chi connectivity index (χ3n) is 5.77. The maximum Gasteiger partial charge on any atom is 0.407 e. The fourth-order valence-corrected chi connectivity index (χ4v) is 4.13. The molecule has 0 radical (unpaired) electrons. The minimum absolute atomic E-state index is 0.329. The van der Waals surface area contributed by atoms with Gasteiger partial charge in [0.25, 0.3) is 0 Å². The van der Waals surface area contributed by atoms with Gasteiger partial charge in [0.2, 0.25) is 0 Å². The van der Waals surface area contributed by atoms with E-state index in [4.69, 9.17) is 14.7 Å². The number of ether oxygens (including phenoxy) is 1. The summed E-state index contributed by atoms with van der Waals surface area (Å²) in [6.07, 6.45) is 1.81. The zero-order chi connectivity index (χ0) is 22.5. The molecule has 168 valence electrons. The summed E-state index contributed by atoms with van der Waals surface area (Å²) in [4.78, 5) is 24.2. The van der Waals surface area contributed by atoms with Crippen LogP contribution in [-0.2, 0) is 4.74 Å². The fraction of sp³-hybridized carbons (Fsp3) is 0.423. The van der Waals surface area contributed by atoms with Crippen molar-refractivity contribution in [2.45, 2.75) is 33.6 Å². The van der Waals surface area contributed by atoms with Gasteiger partial charge in [-0.15, -0.1) is 0 Å². The summed E-state index contributed by atoms with van der Waals surface area (Å²) in [7, 11) is 0. The molecule has 2 aromatic carbocycles. The summed E-state index contributed by atoms with van der Waals surface area (Å²) < 4.78 is 5.26. The summed E-state index contributed by atoms with van der Waals surface area (Å²) in [6.45, 7) is 9.00. The highest BCUT2D eigenvalue weighted by Gasteiger charge is 2.24. The van der Waals surface area contributed by atoms with E-state index >= 15 is 0 Å². The Morgan fingerprint density at radius 3 is 2.78 bits per heavy atom. The average Bonchev–Trinajstić information content (AvgIpc) is 2.81. The van der Waals surface area contributed by atoms with Gasteiger partial charge in [-0.25, -0.2) is 14.8 Å². The van der Waals surface area contributed by atoms with Crippen LogP contribution in [0.2, 0.25) is 0 Å². The number of aryl methyl sites for hydroxylation is 1. The Bertz CT molecular complexity index is 1070. The standard InChI is InChI=1S/C26H32N4O2/c1-18(2)17-32-26(31)27-15-20-8-7-13-30(16-20)25-22-12-11-19(3)14-23(22)28-24(29-25)21-9-5-4-6-10-21/h4-6,9-12,14,18,20H,7-8,13,15-17H2,1-3H3,(H,27,31)/t20-/m1/s1. The number of hydrogen-bond acceptors (Lipinski definition) is 5. The molecule has 1 aromatic heterocycles. The molecule has 1 aliphatic rings. The normalized spacial score (nSPS) is 16.4. The Morgan fingerprint density at radius 2 is 2.00 bits per heavy atom. The van der Waals surface area contributed by atoms with Crippen LogP contribution in [0.5, 0.6) is 0 Å². The van der Waals surface area contributed by atoms with E-state index in [1.165, 1.54) is 5.56 Å². The number of carbonyl (C=O) groups excluding carboxylic acids is 1. The van der Waals surface area contributed by atoms with Crippen LogP contribution in [0.15, 0.2) is 48.5 Å². The van der Waals surface area contributed by atoms with Gasteiger partial charge in [-0.3, -0.25) is 0 Å². The first kappa shape index (κ1) is 22.1. The number of nitrogens with one attached hydrogen (secondary N) is 1. The molecule has 1 N–H and O–H groups in total. The van der Waals surface area contributed by atoms with Crippen molar-refractivity contribution in [3.05, 3.63) is 54.1 Å². The number of anilines is 1. The van der Waals surface area contributed by atoms with Crippen LogP contribution in [0, 0.1) is 18.8 Å². The lowest BCUT2D eigenvalue weighted by Crippen LogP contribution is -2.41.